The van der Waals surface area contributed by atoms with Crippen LogP contribution in [-0.2, 0) is 23.0 Å². The van der Waals surface area contributed by atoms with Gasteiger partial charge in [-0.05, 0) is 55.0 Å². The topological polar surface area (TPSA) is 40.6 Å². The second-order valence-electron chi connectivity index (χ2n) is 10.7. The number of hydrogen-bond donors (Lipinski definition) is 0. The molecule has 1 aliphatic heterocycles. The number of aryl methyl sites for hydroxylation is 1. The van der Waals surface area contributed by atoms with Crippen molar-refractivity contribution >= 4 is 21.6 Å². The maximum Gasteiger partial charge on any atom is 0.217 e. The molecule has 196 valence electrons. The molecule has 1 heterocycles. The normalized spacial score (nSPS) is 20.2. The molecule has 0 unspecified atom stereocenters. The van der Waals surface area contributed by atoms with Gasteiger partial charge in [0.25, 0.3) is 0 Å². The number of sulfonamides is 1. The molecule has 2 aliphatic rings. The van der Waals surface area contributed by atoms with Crippen molar-refractivity contribution in [1.82, 2.24) is 9.21 Å². The van der Waals surface area contributed by atoms with E-state index in [0.29, 0.717) is 6.54 Å². The van der Waals surface area contributed by atoms with Crippen LogP contribution in [0.4, 0.5) is 0 Å². The maximum absolute atomic E-state index is 13.7. The molecule has 1 saturated heterocycles. The van der Waals surface area contributed by atoms with Crippen LogP contribution in [0.1, 0.15) is 48.8 Å². The predicted molar refractivity (Wildman–Crippen MR) is 153 cm³/mol. The molecule has 3 aromatic rings. The van der Waals surface area contributed by atoms with Crippen molar-refractivity contribution in [3.63, 3.8) is 0 Å². The molecular weight excluding hydrogens is 500 g/mol. The first-order valence-electron chi connectivity index (χ1n) is 13.5. The fraction of sp³-hybridized carbons (Fsp3) is 0.419. The summed E-state index contributed by atoms with van der Waals surface area (Å²) in [5.74, 6) is 0. The van der Waals surface area contributed by atoms with E-state index in [-0.39, 0.29) is 11.3 Å². The Balaban J connectivity index is 1.32. The molecule has 0 radical (unpaired) electrons. The van der Waals surface area contributed by atoms with E-state index in [1.165, 1.54) is 16.7 Å². The Labute approximate surface area is 227 Å². The Morgan fingerprint density at radius 3 is 2.32 bits per heavy atom. The van der Waals surface area contributed by atoms with Crippen molar-refractivity contribution in [3.05, 3.63) is 94.5 Å². The van der Waals surface area contributed by atoms with Crippen molar-refractivity contribution in [2.75, 3.05) is 19.6 Å². The lowest BCUT2D eigenvalue weighted by Crippen LogP contribution is -2.57. The summed E-state index contributed by atoms with van der Waals surface area (Å²) in [5, 5.41) is 0.546. The van der Waals surface area contributed by atoms with Crippen molar-refractivity contribution in [1.29, 1.82) is 0 Å². The largest absolute Gasteiger partial charge is 0.296 e. The van der Waals surface area contributed by atoms with Crippen molar-refractivity contribution in [2.24, 2.45) is 0 Å². The molecule has 4 nitrogen and oxygen atoms in total. The first-order chi connectivity index (χ1) is 17.9. The van der Waals surface area contributed by atoms with E-state index in [9.17, 15) is 8.42 Å². The van der Waals surface area contributed by atoms with Crippen molar-refractivity contribution < 1.29 is 8.42 Å². The highest BCUT2D eigenvalue weighted by atomic mass is 35.5. The number of nitrogens with zero attached hydrogens (tertiary/aromatic N) is 2. The summed E-state index contributed by atoms with van der Waals surface area (Å²) in [6.45, 7) is 4.95. The van der Waals surface area contributed by atoms with Crippen LogP contribution in [0.3, 0.4) is 0 Å². The molecule has 0 aromatic heterocycles. The van der Waals surface area contributed by atoms with E-state index in [2.05, 4.69) is 54.3 Å². The average Bonchev–Trinajstić information content (AvgIpc) is 2.92. The molecule has 1 atom stereocenters. The lowest BCUT2D eigenvalue weighted by molar-refractivity contribution is 0.127. The van der Waals surface area contributed by atoms with Gasteiger partial charge in [-0.2, -0.15) is 4.31 Å². The molecule has 0 bridgehead atoms. The molecule has 6 heteroatoms. The second-order valence-corrected chi connectivity index (χ2v) is 13.2. The van der Waals surface area contributed by atoms with Crippen LogP contribution < -0.4 is 0 Å². The minimum Gasteiger partial charge on any atom is -0.296 e. The molecule has 1 saturated carbocycles. The van der Waals surface area contributed by atoms with Crippen LogP contribution in [0.15, 0.2) is 72.8 Å². The van der Waals surface area contributed by atoms with Gasteiger partial charge in [0.2, 0.25) is 10.0 Å². The Bertz CT molecular complexity index is 1290. The lowest BCUT2D eigenvalue weighted by atomic mass is 10.0. The Kier molecular flexibility index (Phi) is 8.35. The fourth-order valence-corrected chi connectivity index (χ4v) is 8.33. The van der Waals surface area contributed by atoms with Gasteiger partial charge in [0, 0.05) is 42.8 Å². The van der Waals surface area contributed by atoms with Gasteiger partial charge < -0.3 is 0 Å². The zero-order valence-electron chi connectivity index (χ0n) is 21.7. The first-order valence-corrected chi connectivity index (χ1v) is 15.4. The lowest BCUT2D eigenvalue weighted by Gasteiger charge is -2.42. The van der Waals surface area contributed by atoms with Crippen LogP contribution in [0.2, 0.25) is 5.02 Å². The first kappa shape index (κ1) is 26.4. The number of halogens is 1. The van der Waals surface area contributed by atoms with Gasteiger partial charge in [0.15, 0.2) is 0 Å². The maximum atomic E-state index is 13.7. The summed E-state index contributed by atoms with van der Waals surface area (Å²) in [7, 11) is -3.30. The van der Waals surface area contributed by atoms with E-state index < -0.39 is 10.0 Å². The quantitative estimate of drug-likeness (QED) is 0.337. The van der Waals surface area contributed by atoms with E-state index >= 15 is 0 Å². The molecular formula is C31H37ClN2O2S. The molecule has 2 fully saturated rings. The fourth-order valence-electron chi connectivity index (χ4n) is 5.90. The summed E-state index contributed by atoms with van der Waals surface area (Å²) in [6, 6.07) is 25.0. The summed E-state index contributed by atoms with van der Waals surface area (Å²) in [4.78, 5) is 2.41. The van der Waals surface area contributed by atoms with E-state index in [0.717, 1.165) is 74.3 Å². The van der Waals surface area contributed by atoms with Gasteiger partial charge in [-0.25, -0.2) is 8.42 Å². The van der Waals surface area contributed by atoms with Gasteiger partial charge >= 0.3 is 0 Å². The van der Waals surface area contributed by atoms with E-state index in [4.69, 9.17) is 11.6 Å². The molecule has 0 N–H and O–H groups in total. The summed E-state index contributed by atoms with van der Waals surface area (Å²) < 4.78 is 29.3. The van der Waals surface area contributed by atoms with Gasteiger partial charge in [-0.1, -0.05) is 97.1 Å². The van der Waals surface area contributed by atoms with Gasteiger partial charge in [-0.3, -0.25) is 4.90 Å². The molecule has 0 amide bonds. The monoisotopic (exact) mass is 536 g/mol. The molecule has 1 aliphatic carbocycles. The molecule has 37 heavy (non-hydrogen) atoms. The minimum absolute atomic E-state index is 0.0477. The molecule has 3 aromatic carbocycles. The summed E-state index contributed by atoms with van der Waals surface area (Å²) >= 11 is 6.45. The van der Waals surface area contributed by atoms with Gasteiger partial charge in [-0.15, -0.1) is 0 Å². The predicted octanol–water partition coefficient (Wildman–Crippen LogP) is 6.71. The smallest absolute Gasteiger partial charge is 0.217 e. The average molecular weight is 537 g/mol. The second kappa shape index (κ2) is 11.7. The van der Waals surface area contributed by atoms with Crippen molar-refractivity contribution in [2.45, 2.75) is 63.3 Å². The molecule has 0 spiro atoms. The summed E-state index contributed by atoms with van der Waals surface area (Å²) in [6.07, 6.45) is 5.56. The van der Waals surface area contributed by atoms with Crippen LogP contribution in [0.25, 0.3) is 11.1 Å². The Morgan fingerprint density at radius 2 is 1.59 bits per heavy atom. The number of piperazine rings is 1. The Morgan fingerprint density at radius 1 is 0.865 bits per heavy atom. The third-order valence-electron chi connectivity index (χ3n) is 7.92. The number of benzene rings is 3. The third-order valence-corrected chi connectivity index (χ3v) is 10.7. The van der Waals surface area contributed by atoms with Crippen LogP contribution in [0, 0.1) is 6.92 Å². The zero-order valence-corrected chi connectivity index (χ0v) is 23.2. The summed E-state index contributed by atoms with van der Waals surface area (Å²) in [5.41, 5.74) is 5.78. The Hall–Kier alpha value is -2.18. The van der Waals surface area contributed by atoms with Crippen LogP contribution in [-0.4, -0.2) is 48.5 Å². The van der Waals surface area contributed by atoms with Crippen molar-refractivity contribution in [3.8, 4) is 11.1 Å². The number of rotatable bonds is 7. The zero-order chi connectivity index (χ0) is 25.8. The molecule has 5 rings (SSSR count). The van der Waals surface area contributed by atoms with E-state index in [1.54, 1.807) is 0 Å². The van der Waals surface area contributed by atoms with Crippen LogP contribution in [0.5, 0.6) is 0 Å². The number of hydrogen-bond acceptors (Lipinski definition) is 3. The SMILES string of the molecule is Cc1ccc(Cl)c(-c2ccc(CN3CCN(S(=O)(=O)C4CCCCC4)[C@@H](Cc4ccccc4)C3)cc2)c1. The van der Waals surface area contributed by atoms with Gasteiger partial charge in [0.05, 0.1) is 5.25 Å². The highest BCUT2D eigenvalue weighted by Crippen LogP contribution is 2.31. The third kappa shape index (κ3) is 6.28. The minimum atomic E-state index is -3.30. The van der Waals surface area contributed by atoms with Crippen LogP contribution >= 0.6 is 11.6 Å². The van der Waals surface area contributed by atoms with E-state index in [1.807, 2.05) is 34.6 Å². The highest BCUT2D eigenvalue weighted by molar-refractivity contribution is 7.89. The highest BCUT2D eigenvalue weighted by Gasteiger charge is 2.39. The van der Waals surface area contributed by atoms with Gasteiger partial charge in [0.1, 0.15) is 0 Å². The standard InChI is InChI=1S/C31H37ClN2O2S/c1-24-12-17-31(32)30(20-24)27-15-13-26(14-16-27)22-33-18-19-34(37(35,36)29-10-6-3-7-11-29)28(23-33)21-25-8-4-2-5-9-25/h2,4-5,8-9,12-17,20,28-29H,3,6-7,10-11,18-19,21-23H2,1H3/t28-/m0/s1.